The van der Waals surface area contributed by atoms with Gasteiger partial charge < -0.3 is 16.0 Å². The van der Waals surface area contributed by atoms with Crippen LogP contribution in [-0.2, 0) is 0 Å². The number of hydrogen-bond acceptors (Lipinski definition) is 2. The van der Waals surface area contributed by atoms with Gasteiger partial charge in [-0.25, -0.2) is 4.79 Å². The van der Waals surface area contributed by atoms with Gasteiger partial charge in [-0.1, -0.05) is 12.8 Å². The van der Waals surface area contributed by atoms with Crippen molar-refractivity contribution in [3.8, 4) is 0 Å². The van der Waals surface area contributed by atoms with Gasteiger partial charge >= 0.3 is 6.03 Å². The van der Waals surface area contributed by atoms with Crippen molar-refractivity contribution in [1.29, 1.82) is 0 Å². The van der Waals surface area contributed by atoms with Crippen molar-refractivity contribution in [2.75, 3.05) is 14.1 Å². The van der Waals surface area contributed by atoms with Crippen molar-refractivity contribution in [3.05, 3.63) is 0 Å². The second-order valence-electron chi connectivity index (χ2n) is 3.93. The molecule has 13 heavy (non-hydrogen) atoms. The Morgan fingerprint density at radius 2 is 2.00 bits per heavy atom. The summed E-state index contributed by atoms with van der Waals surface area (Å²) in [5, 5.41) is 2.81. The third kappa shape index (κ3) is 2.88. The predicted octanol–water partition coefficient (Wildman–Crippen LogP) is 0.528. The predicted molar refractivity (Wildman–Crippen MR) is 52.5 cm³/mol. The standard InChI is InChI=1S/C9H19N3O/c1-12(2)8-6-4-3-5-7(8)11-9(10)13/h7-8H,3-6H2,1-2H3,(H3,10,11,13)/t7-,8+/m1/s1. The zero-order valence-corrected chi connectivity index (χ0v) is 8.42. The third-order valence-electron chi connectivity index (χ3n) is 2.72. The summed E-state index contributed by atoms with van der Waals surface area (Å²) in [4.78, 5) is 12.9. The second-order valence-corrected chi connectivity index (χ2v) is 3.93. The van der Waals surface area contributed by atoms with Crippen LogP contribution in [0, 0.1) is 0 Å². The van der Waals surface area contributed by atoms with Gasteiger partial charge in [0.2, 0.25) is 0 Å². The van der Waals surface area contributed by atoms with Gasteiger partial charge in [-0.15, -0.1) is 0 Å². The van der Waals surface area contributed by atoms with E-state index in [1.54, 1.807) is 0 Å². The molecule has 1 saturated carbocycles. The topological polar surface area (TPSA) is 58.4 Å². The molecule has 1 fully saturated rings. The van der Waals surface area contributed by atoms with Crippen molar-refractivity contribution < 1.29 is 4.79 Å². The highest BCUT2D eigenvalue weighted by atomic mass is 16.2. The molecule has 0 aromatic heterocycles. The number of rotatable bonds is 2. The molecule has 2 atom stereocenters. The Hall–Kier alpha value is -0.770. The summed E-state index contributed by atoms with van der Waals surface area (Å²) in [7, 11) is 4.09. The largest absolute Gasteiger partial charge is 0.352 e. The summed E-state index contributed by atoms with van der Waals surface area (Å²) < 4.78 is 0. The summed E-state index contributed by atoms with van der Waals surface area (Å²) in [6.07, 6.45) is 4.64. The van der Waals surface area contributed by atoms with E-state index in [-0.39, 0.29) is 6.04 Å². The molecule has 0 heterocycles. The first-order valence-electron chi connectivity index (χ1n) is 4.83. The van der Waals surface area contributed by atoms with Gasteiger partial charge in [-0.2, -0.15) is 0 Å². The lowest BCUT2D eigenvalue weighted by Crippen LogP contribution is -2.52. The molecule has 4 heteroatoms. The lowest BCUT2D eigenvalue weighted by molar-refractivity contribution is 0.176. The summed E-state index contributed by atoms with van der Waals surface area (Å²) in [5.41, 5.74) is 5.12. The highest BCUT2D eigenvalue weighted by Crippen LogP contribution is 2.21. The third-order valence-corrected chi connectivity index (χ3v) is 2.72. The summed E-state index contributed by atoms with van der Waals surface area (Å²) in [6.45, 7) is 0. The number of urea groups is 1. The van der Waals surface area contributed by atoms with Crippen molar-refractivity contribution in [3.63, 3.8) is 0 Å². The van der Waals surface area contributed by atoms with Crippen LogP contribution >= 0.6 is 0 Å². The number of primary amides is 1. The molecule has 0 aromatic carbocycles. The van der Waals surface area contributed by atoms with Crippen LogP contribution in [0.1, 0.15) is 25.7 Å². The Bertz CT molecular complexity index is 182. The molecule has 3 N–H and O–H groups in total. The summed E-state index contributed by atoms with van der Waals surface area (Å²) >= 11 is 0. The van der Waals surface area contributed by atoms with Crippen molar-refractivity contribution in [1.82, 2.24) is 10.2 Å². The summed E-state index contributed by atoms with van der Waals surface area (Å²) in [5.74, 6) is 0. The van der Waals surface area contributed by atoms with Crippen molar-refractivity contribution >= 4 is 6.03 Å². The normalized spacial score (nSPS) is 28.8. The number of hydrogen-bond donors (Lipinski definition) is 2. The quantitative estimate of drug-likeness (QED) is 0.659. The molecule has 0 unspecified atom stereocenters. The molecule has 0 aromatic rings. The molecule has 0 saturated heterocycles. The van der Waals surface area contributed by atoms with Gasteiger partial charge in [-0.05, 0) is 26.9 Å². The van der Waals surface area contributed by atoms with Crippen LogP contribution in [0.15, 0.2) is 0 Å². The molecule has 2 amide bonds. The van der Waals surface area contributed by atoms with E-state index in [9.17, 15) is 4.79 Å². The molecular formula is C9H19N3O. The molecule has 0 aliphatic heterocycles. The second kappa shape index (κ2) is 4.46. The number of amides is 2. The van der Waals surface area contributed by atoms with Gasteiger partial charge in [0.15, 0.2) is 0 Å². The van der Waals surface area contributed by atoms with Crippen LogP contribution in [0.2, 0.25) is 0 Å². The van der Waals surface area contributed by atoms with E-state index >= 15 is 0 Å². The Labute approximate surface area is 79.5 Å². The van der Waals surface area contributed by atoms with E-state index in [1.807, 2.05) is 14.1 Å². The smallest absolute Gasteiger partial charge is 0.312 e. The van der Waals surface area contributed by atoms with E-state index in [2.05, 4.69) is 10.2 Å². The number of carbonyl (C=O) groups is 1. The van der Waals surface area contributed by atoms with E-state index in [4.69, 9.17) is 5.73 Å². The molecule has 0 spiro atoms. The number of nitrogens with zero attached hydrogens (tertiary/aromatic N) is 1. The maximum absolute atomic E-state index is 10.7. The van der Waals surface area contributed by atoms with Crippen LogP contribution in [-0.4, -0.2) is 37.1 Å². The fourth-order valence-corrected chi connectivity index (χ4v) is 2.08. The molecule has 1 rings (SSSR count). The van der Waals surface area contributed by atoms with Crippen LogP contribution in [0.4, 0.5) is 4.79 Å². The van der Waals surface area contributed by atoms with E-state index in [0.717, 1.165) is 12.8 Å². The van der Waals surface area contributed by atoms with Crippen LogP contribution in [0.3, 0.4) is 0 Å². The van der Waals surface area contributed by atoms with Gasteiger partial charge in [-0.3, -0.25) is 0 Å². The van der Waals surface area contributed by atoms with Gasteiger partial charge in [0, 0.05) is 12.1 Å². The first-order valence-corrected chi connectivity index (χ1v) is 4.83. The Morgan fingerprint density at radius 3 is 2.54 bits per heavy atom. The fraction of sp³-hybridized carbons (Fsp3) is 0.889. The van der Waals surface area contributed by atoms with E-state index in [1.165, 1.54) is 12.8 Å². The van der Waals surface area contributed by atoms with E-state index in [0.29, 0.717) is 6.04 Å². The maximum Gasteiger partial charge on any atom is 0.312 e. The summed E-state index contributed by atoms with van der Waals surface area (Å²) in [6, 6.07) is 0.279. The Balaban J connectivity index is 2.51. The lowest BCUT2D eigenvalue weighted by atomic mass is 9.90. The molecule has 1 aliphatic carbocycles. The van der Waals surface area contributed by atoms with Gasteiger partial charge in [0.05, 0.1) is 0 Å². The minimum atomic E-state index is -0.404. The highest BCUT2D eigenvalue weighted by molar-refractivity contribution is 5.72. The molecule has 0 radical (unpaired) electrons. The fourth-order valence-electron chi connectivity index (χ4n) is 2.08. The van der Waals surface area contributed by atoms with Crippen LogP contribution in [0.5, 0.6) is 0 Å². The Morgan fingerprint density at radius 1 is 1.38 bits per heavy atom. The lowest BCUT2D eigenvalue weighted by Gasteiger charge is -2.36. The average Bonchev–Trinajstić information content (AvgIpc) is 2.03. The van der Waals surface area contributed by atoms with Gasteiger partial charge in [0.1, 0.15) is 0 Å². The minimum absolute atomic E-state index is 0.237. The SMILES string of the molecule is CN(C)[C@H]1CCCC[C@H]1NC(N)=O. The van der Waals surface area contributed by atoms with Crippen molar-refractivity contribution in [2.45, 2.75) is 37.8 Å². The zero-order chi connectivity index (χ0) is 9.84. The van der Waals surface area contributed by atoms with Gasteiger partial charge in [0.25, 0.3) is 0 Å². The number of nitrogens with one attached hydrogen (secondary N) is 1. The maximum atomic E-state index is 10.7. The first kappa shape index (κ1) is 10.3. The number of nitrogens with two attached hydrogens (primary N) is 1. The van der Waals surface area contributed by atoms with Crippen LogP contribution < -0.4 is 11.1 Å². The monoisotopic (exact) mass is 185 g/mol. The Kier molecular flexibility index (Phi) is 3.54. The van der Waals surface area contributed by atoms with Crippen LogP contribution in [0.25, 0.3) is 0 Å². The zero-order valence-electron chi connectivity index (χ0n) is 8.42. The molecule has 4 nitrogen and oxygen atoms in total. The average molecular weight is 185 g/mol. The first-order chi connectivity index (χ1) is 6.11. The minimum Gasteiger partial charge on any atom is -0.352 e. The van der Waals surface area contributed by atoms with Crippen molar-refractivity contribution in [2.24, 2.45) is 5.73 Å². The molecule has 0 bridgehead atoms. The molecule has 76 valence electrons. The number of likely N-dealkylation sites (N-methyl/N-ethyl adjacent to an activating group) is 1. The van der Waals surface area contributed by atoms with E-state index < -0.39 is 6.03 Å². The molecular weight excluding hydrogens is 166 g/mol. The number of carbonyl (C=O) groups excluding carboxylic acids is 1. The highest BCUT2D eigenvalue weighted by Gasteiger charge is 2.27. The molecule has 1 aliphatic rings.